The summed E-state index contributed by atoms with van der Waals surface area (Å²) < 4.78 is 1.27. The van der Waals surface area contributed by atoms with E-state index in [0.29, 0.717) is 11.8 Å². The van der Waals surface area contributed by atoms with E-state index >= 15 is 0 Å². The highest BCUT2D eigenvalue weighted by Gasteiger charge is 2.31. The summed E-state index contributed by atoms with van der Waals surface area (Å²) >= 11 is 1.81. The molecule has 0 saturated carbocycles. The molecule has 5 heteroatoms. The summed E-state index contributed by atoms with van der Waals surface area (Å²) in [6.45, 7) is 2.73. The molecular weight excluding hydrogens is 294 g/mol. The number of benzene rings is 1. The second-order valence-electron chi connectivity index (χ2n) is 6.27. The quantitative estimate of drug-likeness (QED) is 0.927. The molecule has 0 bridgehead atoms. The van der Waals surface area contributed by atoms with Gasteiger partial charge < -0.3 is 10.2 Å². The highest BCUT2D eigenvalue weighted by atomic mass is 32.1. The van der Waals surface area contributed by atoms with Crippen molar-refractivity contribution in [2.24, 2.45) is 0 Å². The van der Waals surface area contributed by atoms with Crippen LogP contribution in [0.2, 0.25) is 0 Å². The van der Waals surface area contributed by atoms with Crippen molar-refractivity contribution in [1.29, 1.82) is 0 Å². The summed E-state index contributed by atoms with van der Waals surface area (Å²) in [5.41, 5.74) is 1.11. The van der Waals surface area contributed by atoms with Crippen LogP contribution in [0.4, 0.5) is 0 Å². The summed E-state index contributed by atoms with van der Waals surface area (Å²) in [5, 5.41) is 4.56. The molecule has 116 valence electrons. The molecule has 1 N–H and O–H groups in total. The van der Waals surface area contributed by atoms with Gasteiger partial charge in [0, 0.05) is 19.0 Å². The van der Waals surface area contributed by atoms with Crippen molar-refractivity contribution in [2.75, 3.05) is 19.6 Å². The Morgan fingerprint density at radius 3 is 2.77 bits per heavy atom. The van der Waals surface area contributed by atoms with Crippen LogP contribution >= 0.6 is 11.3 Å². The molecule has 22 heavy (non-hydrogen) atoms. The van der Waals surface area contributed by atoms with Gasteiger partial charge in [-0.25, -0.2) is 4.98 Å². The van der Waals surface area contributed by atoms with Crippen molar-refractivity contribution < 1.29 is 4.79 Å². The highest BCUT2D eigenvalue weighted by molar-refractivity contribution is 7.18. The lowest BCUT2D eigenvalue weighted by molar-refractivity contribution is -0.134. The van der Waals surface area contributed by atoms with E-state index < -0.39 is 0 Å². The Balaban J connectivity index is 1.41. The number of rotatable bonds is 2. The van der Waals surface area contributed by atoms with Gasteiger partial charge in [0.15, 0.2) is 0 Å². The first-order chi connectivity index (χ1) is 10.8. The molecule has 1 aromatic heterocycles. The third kappa shape index (κ3) is 2.63. The molecule has 4 rings (SSSR count). The van der Waals surface area contributed by atoms with Gasteiger partial charge in [0.05, 0.1) is 21.3 Å². The van der Waals surface area contributed by atoms with Crippen LogP contribution in [0.15, 0.2) is 24.3 Å². The smallest absolute Gasteiger partial charge is 0.239 e. The largest absolute Gasteiger partial charge is 0.341 e. The number of nitrogens with one attached hydrogen (secondary N) is 1. The number of amides is 1. The standard InChI is InChI=1S/C17H21N3OS/c21-17(14-5-3-9-18-14)20-10-7-12(8-11-20)16-19-13-4-1-2-6-15(13)22-16/h1-2,4,6,12,14,18H,3,5,7-11H2. The fraction of sp³-hybridized carbons (Fsp3) is 0.529. The second-order valence-corrected chi connectivity index (χ2v) is 7.33. The number of aromatic nitrogens is 1. The number of thiazole rings is 1. The van der Waals surface area contributed by atoms with Crippen molar-refractivity contribution in [1.82, 2.24) is 15.2 Å². The average molecular weight is 315 g/mol. The topological polar surface area (TPSA) is 45.2 Å². The molecular formula is C17H21N3OS. The Bertz CT molecular complexity index is 636. The first-order valence-corrected chi connectivity index (χ1v) is 9.00. The minimum atomic E-state index is 0.0685. The SMILES string of the molecule is O=C(C1CCCN1)N1CCC(c2nc3ccccc3s2)CC1. The fourth-order valence-corrected chi connectivity index (χ4v) is 4.66. The van der Waals surface area contributed by atoms with Crippen LogP contribution in [-0.4, -0.2) is 41.5 Å². The van der Waals surface area contributed by atoms with Crippen molar-refractivity contribution >= 4 is 27.5 Å². The molecule has 0 radical (unpaired) electrons. The number of hydrogen-bond acceptors (Lipinski definition) is 4. The van der Waals surface area contributed by atoms with Crippen molar-refractivity contribution in [2.45, 2.75) is 37.6 Å². The molecule has 1 amide bonds. The predicted octanol–water partition coefficient (Wildman–Crippen LogP) is 2.75. The average Bonchev–Trinajstić information content (AvgIpc) is 3.23. The van der Waals surface area contributed by atoms with Crippen LogP contribution in [0.1, 0.15) is 36.6 Å². The minimum absolute atomic E-state index is 0.0685. The molecule has 2 saturated heterocycles. The van der Waals surface area contributed by atoms with E-state index in [0.717, 1.165) is 50.8 Å². The summed E-state index contributed by atoms with van der Waals surface area (Å²) in [4.78, 5) is 19.3. The van der Waals surface area contributed by atoms with E-state index in [1.807, 2.05) is 22.3 Å². The second kappa shape index (κ2) is 5.97. The molecule has 2 aliphatic heterocycles. The van der Waals surface area contributed by atoms with Gasteiger partial charge in [-0.3, -0.25) is 4.79 Å². The van der Waals surface area contributed by atoms with E-state index in [4.69, 9.17) is 4.98 Å². The zero-order valence-corrected chi connectivity index (χ0v) is 13.4. The monoisotopic (exact) mass is 315 g/mol. The summed E-state index contributed by atoms with van der Waals surface area (Å²) in [5.74, 6) is 0.818. The number of fused-ring (bicyclic) bond motifs is 1. The molecule has 0 spiro atoms. The number of carbonyl (C=O) groups excluding carboxylic acids is 1. The van der Waals surface area contributed by atoms with E-state index in [-0.39, 0.29) is 6.04 Å². The molecule has 2 fully saturated rings. The lowest BCUT2D eigenvalue weighted by Crippen LogP contribution is -2.46. The normalized spacial score (nSPS) is 23.3. The van der Waals surface area contributed by atoms with Crippen molar-refractivity contribution in [3.63, 3.8) is 0 Å². The number of piperidine rings is 1. The lowest BCUT2D eigenvalue weighted by Gasteiger charge is -2.32. The van der Waals surface area contributed by atoms with Gasteiger partial charge in [-0.1, -0.05) is 12.1 Å². The Morgan fingerprint density at radius 1 is 1.23 bits per heavy atom. The molecule has 3 heterocycles. The van der Waals surface area contributed by atoms with Crippen molar-refractivity contribution in [3.05, 3.63) is 29.3 Å². The summed E-state index contributed by atoms with van der Waals surface area (Å²) in [7, 11) is 0. The molecule has 0 aliphatic carbocycles. The third-order valence-electron chi connectivity index (χ3n) is 4.82. The number of hydrogen-bond donors (Lipinski definition) is 1. The summed E-state index contributed by atoms with van der Waals surface area (Å²) in [6.07, 6.45) is 4.20. The first kappa shape index (κ1) is 14.2. The van der Waals surface area contributed by atoms with E-state index in [2.05, 4.69) is 23.5 Å². The molecule has 1 unspecified atom stereocenters. The van der Waals surface area contributed by atoms with Crippen LogP contribution < -0.4 is 5.32 Å². The van der Waals surface area contributed by atoms with Crippen molar-refractivity contribution in [3.8, 4) is 0 Å². The highest BCUT2D eigenvalue weighted by Crippen LogP contribution is 2.34. The van der Waals surface area contributed by atoms with E-state index in [9.17, 15) is 4.79 Å². The van der Waals surface area contributed by atoms with Crippen LogP contribution in [0.5, 0.6) is 0 Å². The van der Waals surface area contributed by atoms with Gasteiger partial charge in [0.1, 0.15) is 0 Å². The fourth-order valence-electron chi connectivity index (χ4n) is 3.53. The number of carbonyl (C=O) groups is 1. The first-order valence-electron chi connectivity index (χ1n) is 8.19. The molecule has 2 aliphatic rings. The maximum absolute atomic E-state index is 12.4. The Kier molecular flexibility index (Phi) is 3.84. The van der Waals surface area contributed by atoms with E-state index in [1.54, 1.807) is 0 Å². The van der Waals surface area contributed by atoms with Gasteiger partial charge in [-0.2, -0.15) is 0 Å². The molecule has 2 aromatic rings. The van der Waals surface area contributed by atoms with Gasteiger partial charge in [-0.15, -0.1) is 11.3 Å². The maximum atomic E-state index is 12.4. The zero-order valence-electron chi connectivity index (χ0n) is 12.6. The zero-order chi connectivity index (χ0) is 14.9. The number of likely N-dealkylation sites (tertiary alicyclic amines) is 1. The van der Waals surface area contributed by atoms with E-state index in [1.165, 1.54) is 9.71 Å². The van der Waals surface area contributed by atoms with Crippen LogP contribution in [0.25, 0.3) is 10.2 Å². The maximum Gasteiger partial charge on any atom is 0.239 e. The van der Waals surface area contributed by atoms with Gasteiger partial charge in [0.2, 0.25) is 5.91 Å². The van der Waals surface area contributed by atoms with Crippen LogP contribution in [0.3, 0.4) is 0 Å². The van der Waals surface area contributed by atoms with Crippen LogP contribution in [-0.2, 0) is 4.79 Å². The predicted molar refractivity (Wildman–Crippen MR) is 89.2 cm³/mol. The Hall–Kier alpha value is -1.46. The minimum Gasteiger partial charge on any atom is -0.341 e. The lowest BCUT2D eigenvalue weighted by atomic mass is 9.97. The van der Waals surface area contributed by atoms with Gasteiger partial charge >= 0.3 is 0 Å². The number of nitrogens with zero attached hydrogens (tertiary/aromatic N) is 2. The van der Waals surface area contributed by atoms with Gasteiger partial charge in [0.25, 0.3) is 0 Å². The number of para-hydroxylation sites is 1. The molecule has 4 nitrogen and oxygen atoms in total. The molecule has 1 atom stereocenters. The summed E-state index contributed by atoms with van der Waals surface area (Å²) in [6, 6.07) is 8.40. The Morgan fingerprint density at radius 2 is 2.05 bits per heavy atom. The van der Waals surface area contributed by atoms with Crippen LogP contribution in [0, 0.1) is 0 Å². The van der Waals surface area contributed by atoms with Gasteiger partial charge in [-0.05, 0) is 44.4 Å². The third-order valence-corrected chi connectivity index (χ3v) is 6.02. The Labute approximate surface area is 134 Å². The molecule has 1 aromatic carbocycles.